The summed E-state index contributed by atoms with van der Waals surface area (Å²) < 4.78 is 52.3. The normalized spacial score (nSPS) is 12.9. The van der Waals surface area contributed by atoms with Gasteiger partial charge in [0.15, 0.2) is 0 Å². The molecule has 0 spiro atoms. The fraction of sp³-hybridized carbons (Fsp3) is 0.500. The lowest BCUT2D eigenvalue weighted by Crippen LogP contribution is -2.20. The molecule has 1 aromatic rings. The summed E-state index contributed by atoms with van der Waals surface area (Å²) in [4.78, 5) is 0. The van der Waals surface area contributed by atoms with Gasteiger partial charge in [-0.2, -0.15) is 13.2 Å². The summed E-state index contributed by atoms with van der Waals surface area (Å²) >= 11 is 5.52. The maximum Gasteiger partial charge on any atom is 0.416 e. The molecule has 0 fully saturated rings. The van der Waals surface area contributed by atoms with Gasteiger partial charge >= 0.3 is 6.18 Å². The lowest BCUT2D eigenvalue weighted by Gasteiger charge is -2.19. The number of halogens is 6. The van der Waals surface area contributed by atoms with Gasteiger partial charge in [-0.15, -0.1) is 12.4 Å². The van der Waals surface area contributed by atoms with Crippen LogP contribution < -0.4 is 11.5 Å². The average molecular weight is 335 g/mol. The minimum Gasteiger partial charge on any atom is -0.330 e. The molecule has 0 bridgehead atoms. The van der Waals surface area contributed by atoms with Gasteiger partial charge in [0, 0.05) is 11.6 Å². The summed E-state index contributed by atoms with van der Waals surface area (Å²) in [5.41, 5.74) is 9.31. The highest BCUT2D eigenvalue weighted by Gasteiger charge is 2.36. The Morgan fingerprint density at radius 3 is 2.30 bits per heavy atom. The zero-order valence-electron chi connectivity index (χ0n) is 10.5. The lowest BCUT2D eigenvalue weighted by atomic mass is 9.96. The van der Waals surface area contributed by atoms with E-state index in [1.54, 1.807) is 0 Å². The Morgan fingerprint density at radius 2 is 1.80 bits per heavy atom. The van der Waals surface area contributed by atoms with E-state index < -0.39 is 29.2 Å². The molecule has 2 nitrogen and oxygen atoms in total. The van der Waals surface area contributed by atoms with E-state index in [9.17, 15) is 17.6 Å². The van der Waals surface area contributed by atoms with Gasteiger partial charge in [-0.05, 0) is 31.5 Å². The van der Waals surface area contributed by atoms with Crippen LogP contribution in [0.2, 0.25) is 5.02 Å². The Bertz CT molecular complexity index is 438. The monoisotopic (exact) mass is 334 g/mol. The van der Waals surface area contributed by atoms with Crippen molar-refractivity contribution in [1.29, 1.82) is 0 Å². The Hall–Kier alpha value is -0.560. The fourth-order valence-corrected chi connectivity index (χ4v) is 1.99. The Morgan fingerprint density at radius 1 is 1.20 bits per heavy atom. The van der Waals surface area contributed by atoms with Gasteiger partial charge in [0.25, 0.3) is 0 Å². The van der Waals surface area contributed by atoms with E-state index in [0.29, 0.717) is 19.4 Å². The Labute approximate surface area is 125 Å². The first-order valence-electron chi connectivity index (χ1n) is 5.79. The van der Waals surface area contributed by atoms with Gasteiger partial charge in [0.05, 0.1) is 10.6 Å². The van der Waals surface area contributed by atoms with Crippen LogP contribution in [-0.2, 0) is 6.18 Å². The predicted octanol–water partition coefficient (Wildman–Crippen LogP) is 4.05. The molecular formula is C12H16Cl2F4N2. The maximum absolute atomic E-state index is 13.8. The van der Waals surface area contributed by atoms with Crippen LogP contribution >= 0.6 is 24.0 Å². The minimum absolute atomic E-state index is 0. The molecular weight excluding hydrogens is 319 g/mol. The molecule has 20 heavy (non-hydrogen) atoms. The van der Waals surface area contributed by atoms with Crippen molar-refractivity contribution in [3.8, 4) is 0 Å². The van der Waals surface area contributed by atoms with Gasteiger partial charge in [-0.1, -0.05) is 18.0 Å². The van der Waals surface area contributed by atoms with Gasteiger partial charge in [-0.25, -0.2) is 4.39 Å². The van der Waals surface area contributed by atoms with Crippen molar-refractivity contribution < 1.29 is 17.6 Å². The number of hydrogen-bond acceptors (Lipinski definition) is 2. The van der Waals surface area contributed by atoms with Gasteiger partial charge in [0.1, 0.15) is 5.82 Å². The van der Waals surface area contributed by atoms with E-state index in [-0.39, 0.29) is 23.9 Å². The van der Waals surface area contributed by atoms with Crippen LogP contribution in [0.4, 0.5) is 17.6 Å². The van der Waals surface area contributed by atoms with Crippen LogP contribution in [0.1, 0.15) is 36.4 Å². The van der Waals surface area contributed by atoms with Crippen molar-refractivity contribution in [1.82, 2.24) is 0 Å². The van der Waals surface area contributed by atoms with Crippen molar-refractivity contribution in [2.24, 2.45) is 11.5 Å². The molecule has 8 heteroatoms. The molecule has 0 saturated carbocycles. The standard InChI is InChI=1S/C12H15ClF4N2.ClH/c13-8-5-4-7(12(15,16)17)10(11(8)14)9(19)3-1-2-6-18;/h4-5,9H,1-3,6,18-19H2;1H/t9-;/m1./s1. The molecule has 0 radical (unpaired) electrons. The van der Waals surface area contributed by atoms with Crippen LogP contribution in [0.3, 0.4) is 0 Å². The third kappa shape index (κ3) is 4.77. The van der Waals surface area contributed by atoms with Gasteiger partial charge < -0.3 is 11.5 Å². The second-order valence-corrected chi connectivity index (χ2v) is 4.62. The number of nitrogens with two attached hydrogens (primary N) is 2. The van der Waals surface area contributed by atoms with Crippen molar-refractivity contribution in [2.45, 2.75) is 31.5 Å². The topological polar surface area (TPSA) is 52.0 Å². The van der Waals surface area contributed by atoms with Crippen molar-refractivity contribution >= 4 is 24.0 Å². The minimum atomic E-state index is -4.66. The van der Waals surface area contributed by atoms with Gasteiger partial charge in [0.2, 0.25) is 0 Å². The summed E-state index contributed by atoms with van der Waals surface area (Å²) in [6, 6.07) is 0.584. The van der Waals surface area contributed by atoms with E-state index >= 15 is 0 Å². The third-order valence-corrected chi connectivity index (χ3v) is 3.07. The quantitative estimate of drug-likeness (QED) is 0.630. The number of hydrogen-bond donors (Lipinski definition) is 2. The predicted molar refractivity (Wildman–Crippen MR) is 73.5 cm³/mol. The number of unbranched alkanes of at least 4 members (excludes halogenated alkanes) is 1. The van der Waals surface area contributed by atoms with Crippen molar-refractivity contribution in [3.05, 3.63) is 34.1 Å². The zero-order chi connectivity index (χ0) is 14.6. The first kappa shape index (κ1) is 19.4. The van der Waals surface area contributed by atoms with E-state index in [1.165, 1.54) is 0 Å². The SMILES string of the molecule is Cl.NCCCC[C@@H](N)c1c(C(F)(F)F)ccc(Cl)c1F. The van der Waals surface area contributed by atoms with Crippen LogP contribution in [0.25, 0.3) is 0 Å². The maximum atomic E-state index is 13.8. The first-order chi connectivity index (χ1) is 8.79. The molecule has 0 aliphatic rings. The molecule has 0 amide bonds. The highest BCUT2D eigenvalue weighted by Crippen LogP contribution is 2.38. The molecule has 0 heterocycles. The molecule has 1 aromatic carbocycles. The first-order valence-corrected chi connectivity index (χ1v) is 6.17. The molecule has 0 aliphatic heterocycles. The largest absolute Gasteiger partial charge is 0.416 e. The van der Waals surface area contributed by atoms with Gasteiger partial charge in [-0.3, -0.25) is 0 Å². The summed E-state index contributed by atoms with van der Waals surface area (Å²) in [6.07, 6.45) is -3.29. The summed E-state index contributed by atoms with van der Waals surface area (Å²) in [5, 5.41) is -0.364. The van der Waals surface area contributed by atoms with Crippen molar-refractivity contribution in [2.75, 3.05) is 6.54 Å². The number of alkyl halides is 3. The number of rotatable bonds is 5. The molecule has 0 aliphatic carbocycles. The molecule has 0 saturated heterocycles. The molecule has 116 valence electrons. The smallest absolute Gasteiger partial charge is 0.330 e. The summed E-state index contributed by atoms with van der Waals surface area (Å²) in [5.74, 6) is -1.10. The highest BCUT2D eigenvalue weighted by atomic mass is 35.5. The molecule has 0 unspecified atom stereocenters. The van der Waals surface area contributed by atoms with Crippen molar-refractivity contribution in [3.63, 3.8) is 0 Å². The Balaban J connectivity index is 0.00000361. The summed E-state index contributed by atoms with van der Waals surface area (Å²) in [6.45, 7) is 0.414. The Kier molecular flexibility index (Phi) is 7.80. The van der Waals surface area contributed by atoms with E-state index in [1.807, 2.05) is 0 Å². The zero-order valence-corrected chi connectivity index (χ0v) is 12.1. The average Bonchev–Trinajstić information content (AvgIpc) is 2.31. The van der Waals surface area contributed by atoms with Crippen LogP contribution in [0.15, 0.2) is 12.1 Å². The van der Waals surface area contributed by atoms with Crippen LogP contribution in [0, 0.1) is 5.82 Å². The van der Waals surface area contributed by atoms with E-state index in [2.05, 4.69) is 0 Å². The van der Waals surface area contributed by atoms with E-state index in [4.69, 9.17) is 23.1 Å². The second kappa shape index (κ2) is 8.02. The number of benzene rings is 1. The third-order valence-electron chi connectivity index (χ3n) is 2.78. The van der Waals surface area contributed by atoms with E-state index in [0.717, 1.165) is 12.1 Å². The molecule has 0 aromatic heterocycles. The fourth-order valence-electron chi connectivity index (χ4n) is 1.83. The molecule has 4 N–H and O–H groups in total. The van der Waals surface area contributed by atoms with Crippen LogP contribution in [0.5, 0.6) is 0 Å². The highest BCUT2D eigenvalue weighted by molar-refractivity contribution is 6.30. The molecule has 1 rings (SSSR count). The lowest BCUT2D eigenvalue weighted by molar-refractivity contribution is -0.138. The molecule has 1 atom stereocenters. The second-order valence-electron chi connectivity index (χ2n) is 4.21. The summed E-state index contributed by atoms with van der Waals surface area (Å²) in [7, 11) is 0. The van der Waals surface area contributed by atoms with Crippen LogP contribution in [-0.4, -0.2) is 6.54 Å².